The predicted octanol–water partition coefficient (Wildman–Crippen LogP) is 4.17. The molecular weight excluding hydrogens is 368 g/mol. The Morgan fingerprint density at radius 2 is 2.00 bits per heavy atom. The molecule has 0 bridgehead atoms. The lowest BCUT2D eigenvalue weighted by molar-refractivity contribution is -0.119. The number of hydrogen-bond acceptors (Lipinski definition) is 4. The smallest absolute Gasteiger partial charge is 0.230 e. The molecule has 0 fully saturated rings. The number of amides is 1. The Labute approximate surface area is 167 Å². The molecule has 5 nitrogen and oxygen atoms in total. The van der Waals surface area contributed by atoms with E-state index in [-0.39, 0.29) is 11.9 Å². The van der Waals surface area contributed by atoms with Crippen molar-refractivity contribution in [2.75, 3.05) is 5.75 Å². The topological polar surface area (TPSA) is 59.3 Å². The summed E-state index contributed by atoms with van der Waals surface area (Å²) >= 11 is 1.42. The van der Waals surface area contributed by atoms with Crippen molar-refractivity contribution in [2.45, 2.75) is 30.5 Å². The molecule has 4 aromatic rings. The van der Waals surface area contributed by atoms with Gasteiger partial charge in [0.1, 0.15) is 0 Å². The number of rotatable bonds is 4. The molecule has 2 heterocycles. The molecule has 0 radical (unpaired) electrons. The first kappa shape index (κ1) is 17.3. The van der Waals surface area contributed by atoms with Crippen LogP contribution in [0.4, 0.5) is 0 Å². The summed E-state index contributed by atoms with van der Waals surface area (Å²) in [6.07, 6.45) is 4.96. The Bertz CT molecular complexity index is 1170. The molecule has 1 unspecified atom stereocenters. The zero-order valence-electron chi connectivity index (χ0n) is 15.3. The van der Waals surface area contributed by atoms with Crippen LogP contribution in [0.5, 0.6) is 0 Å². The van der Waals surface area contributed by atoms with E-state index in [2.05, 4.69) is 28.6 Å². The fourth-order valence-electron chi connectivity index (χ4n) is 3.96. The van der Waals surface area contributed by atoms with Crippen molar-refractivity contribution in [3.05, 3.63) is 71.9 Å². The van der Waals surface area contributed by atoms with E-state index in [9.17, 15) is 4.79 Å². The highest BCUT2D eigenvalue weighted by atomic mass is 32.2. The molecule has 5 rings (SSSR count). The zero-order chi connectivity index (χ0) is 18.9. The molecule has 2 aromatic heterocycles. The highest BCUT2D eigenvalue weighted by Crippen LogP contribution is 2.30. The van der Waals surface area contributed by atoms with E-state index in [4.69, 9.17) is 4.98 Å². The van der Waals surface area contributed by atoms with Crippen LogP contribution in [0.15, 0.2) is 66.0 Å². The third kappa shape index (κ3) is 3.14. The maximum Gasteiger partial charge on any atom is 0.230 e. The molecule has 1 N–H and O–H groups in total. The molecule has 28 heavy (non-hydrogen) atoms. The Kier molecular flexibility index (Phi) is 4.49. The third-order valence-electron chi connectivity index (χ3n) is 5.26. The lowest BCUT2D eigenvalue weighted by Gasteiger charge is -2.26. The van der Waals surface area contributed by atoms with E-state index in [1.807, 2.05) is 40.9 Å². The first-order valence-electron chi connectivity index (χ1n) is 9.52. The first-order valence-corrected chi connectivity index (χ1v) is 10.5. The minimum absolute atomic E-state index is 0.0296. The average Bonchev–Trinajstić information content (AvgIpc) is 3.23. The number of benzene rings is 2. The largest absolute Gasteiger partial charge is 0.349 e. The van der Waals surface area contributed by atoms with Gasteiger partial charge >= 0.3 is 0 Å². The Balaban J connectivity index is 1.34. The van der Waals surface area contributed by atoms with Crippen LogP contribution in [0.3, 0.4) is 0 Å². The van der Waals surface area contributed by atoms with Crippen molar-refractivity contribution in [3.63, 3.8) is 0 Å². The van der Waals surface area contributed by atoms with Crippen LogP contribution in [0.1, 0.15) is 30.0 Å². The molecular formula is C22H20N4OS. The van der Waals surface area contributed by atoms with Gasteiger partial charge in [0.05, 0.1) is 29.0 Å². The lowest BCUT2D eigenvalue weighted by Crippen LogP contribution is -2.32. The van der Waals surface area contributed by atoms with Gasteiger partial charge < -0.3 is 5.32 Å². The van der Waals surface area contributed by atoms with Crippen LogP contribution >= 0.6 is 11.8 Å². The van der Waals surface area contributed by atoms with Gasteiger partial charge in [-0.2, -0.15) is 5.10 Å². The van der Waals surface area contributed by atoms with Crippen molar-refractivity contribution in [2.24, 2.45) is 0 Å². The van der Waals surface area contributed by atoms with Gasteiger partial charge in [-0.1, -0.05) is 54.2 Å². The average molecular weight is 388 g/mol. The molecule has 0 aliphatic heterocycles. The van der Waals surface area contributed by atoms with Crippen molar-refractivity contribution in [3.8, 4) is 0 Å². The molecule has 1 aliphatic carbocycles. The summed E-state index contributed by atoms with van der Waals surface area (Å²) < 4.78 is 1.82. The van der Waals surface area contributed by atoms with Gasteiger partial charge in [-0.05, 0) is 42.5 Å². The molecule has 0 spiro atoms. The predicted molar refractivity (Wildman–Crippen MR) is 111 cm³/mol. The number of thioether (sulfide) groups is 1. The van der Waals surface area contributed by atoms with Crippen LogP contribution in [-0.4, -0.2) is 26.3 Å². The van der Waals surface area contributed by atoms with Gasteiger partial charge in [0.2, 0.25) is 5.91 Å². The molecule has 0 saturated heterocycles. The summed E-state index contributed by atoms with van der Waals surface area (Å²) in [5.74, 6) is 0.348. The third-order valence-corrected chi connectivity index (χ3v) is 6.19. The van der Waals surface area contributed by atoms with Crippen molar-refractivity contribution >= 4 is 34.1 Å². The quantitative estimate of drug-likeness (QED) is 0.421. The minimum Gasteiger partial charge on any atom is -0.349 e. The Morgan fingerprint density at radius 1 is 1.14 bits per heavy atom. The Morgan fingerprint density at radius 3 is 2.96 bits per heavy atom. The standard InChI is InChI=1S/C22H20N4OS/c27-21(24-18-11-5-7-15-6-1-2-8-16(15)18)14-28-22-25-19-10-4-3-9-17(19)20-12-13-23-26(20)22/h1-4,6,8-10,12-13,18H,5,7,11,14H2,(H,24,27). The highest BCUT2D eigenvalue weighted by molar-refractivity contribution is 7.99. The van der Waals surface area contributed by atoms with Crippen LogP contribution in [0.25, 0.3) is 16.4 Å². The van der Waals surface area contributed by atoms with E-state index in [1.54, 1.807) is 6.20 Å². The summed E-state index contributed by atoms with van der Waals surface area (Å²) in [6.45, 7) is 0. The van der Waals surface area contributed by atoms with E-state index in [0.717, 1.165) is 40.8 Å². The molecule has 1 atom stereocenters. The van der Waals surface area contributed by atoms with E-state index in [1.165, 1.54) is 22.9 Å². The van der Waals surface area contributed by atoms with Crippen LogP contribution in [-0.2, 0) is 11.2 Å². The fourth-order valence-corrected chi connectivity index (χ4v) is 4.74. The number of hydrogen-bond donors (Lipinski definition) is 1. The molecule has 1 aliphatic rings. The number of fused-ring (bicyclic) bond motifs is 4. The van der Waals surface area contributed by atoms with Gasteiger partial charge in [-0.3, -0.25) is 4.79 Å². The summed E-state index contributed by atoms with van der Waals surface area (Å²) in [7, 11) is 0. The summed E-state index contributed by atoms with van der Waals surface area (Å²) in [6, 6.07) is 18.5. The van der Waals surface area contributed by atoms with E-state index in [0.29, 0.717) is 5.75 Å². The molecule has 140 valence electrons. The van der Waals surface area contributed by atoms with Gasteiger partial charge in [-0.15, -0.1) is 0 Å². The lowest BCUT2D eigenvalue weighted by atomic mass is 9.88. The maximum absolute atomic E-state index is 12.6. The highest BCUT2D eigenvalue weighted by Gasteiger charge is 2.21. The number of aryl methyl sites for hydroxylation is 1. The van der Waals surface area contributed by atoms with E-state index >= 15 is 0 Å². The summed E-state index contributed by atoms with van der Waals surface area (Å²) in [5, 5.41) is 9.40. The molecule has 6 heteroatoms. The minimum atomic E-state index is 0.0296. The second-order valence-corrected chi connectivity index (χ2v) is 7.98. The number of nitrogens with one attached hydrogen (secondary N) is 1. The molecule has 2 aromatic carbocycles. The number of aromatic nitrogens is 3. The monoisotopic (exact) mass is 388 g/mol. The molecule has 0 saturated carbocycles. The number of carbonyl (C=O) groups excluding carboxylic acids is 1. The van der Waals surface area contributed by atoms with Gasteiger partial charge in [0.25, 0.3) is 0 Å². The fraction of sp³-hybridized carbons (Fsp3) is 0.227. The second kappa shape index (κ2) is 7.28. The second-order valence-electron chi connectivity index (χ2n) is 7.04. The van der Waals surface area contributed by atoms with E-state index < -0.39 is 0 Å². The van der Waals surface area contributed by atoms with Crippen molar-refractivity contribution in [1.82, 2.24) is 19.9 Å². The zero-order valence-corrected chi connectivity index (χ0v) is 16.2. The van der Waals surface area contributed by atoms with Gasteiger partial charge in [0.15, 0.2) is 5.16 Å². The number of nitrogens with zero attached hydrogens (tertiary/aromatic N) is 3. The van der Waals surface area contributed by atoms with Gasteiger partial charge in [0, 0.05) is 5.39 Å². The molecule has 1 amide bonds. The van der Waals surface area contributed by atoms with Crippen molar-refractivity contribution in [1.29, 1.82) is 0 Å². The van der Waals surface area contributed by atoms with Crippen LogP contribution in [0.2, 0.25) is 0 Å². The van der Waals surface area contributed by atoms with Crippen LogP contribution < -0.4 is 5.32 Å². The normalized spacial score (nSPS) is 16.2. The van der Waals surface area contributed by atoms with Crippen molar-refractivity contribution < 1.29 is 4.79 Å². The number of carbonyl (C=O) groups is 1. The Hall–Kier alpha value is -2.86. The summed E-state index contributed by atoms with van der Waals surface area (Å²) in [4.78, 5) is 17.4. The maximum atomic E-state index is 12.6. The SMILES string of the molecule is O=C(CSc1nc2ccccc2c2ccnn12)NC1CCCc2ccccc21. The summed E-state index contributed by atoms with van der Waals surface area (Å²) in [5.41, 5.74) is 4.53. The van der Waals surface area contributed by atoms with Crippen LogP contribution in [0, 0.1) is 0 Å². The first-order chi connectivity index (χ1) is 13.8. The van der Waals surface area contributed by atoms with Gasteiger partial charge in [-0.25, -0.2) is 9.50 Å². The number of para-hydroxylation sites is 1.